The van der Waals surface area contributed by atoms with Gasteiger partial charge in [0.05, 0.1) is 31.9 Å². The van der Waals surface area contributed by atoms with E-state index in [1.165, 1.54) is 0 Å². The normalized spacial score (nSPS) is 16.0. The number of methoxy groups -OCH3 is 2. The minimum atomic E-state index is 0.0410. The van der Waals surface area contributed by atoms with Gasteiger partial charge in [0, 0.05) is 24.6 Å². The predicted molar refractivity (Wildman–Crippen MR) is 103 cm³/mol. The summed E-state index contributed by atoms with van der Waals surface area (Å²) in [7, 11) is 3.27. The summed E-state index contributed by atoms with van der Waals surface area (Å²) < 4.78 is 10.8. The second-order valence-electron chi connectivity index (χ2n) is 6.66. The van der Waals surface area contributed by atoms with Crippen molar-refractivity contribution < 1.29 is 14.3 Å². The number of carbonyl (C=O) groups is 1. The van der Waals surface area contributed by atoms with E-state index < -0.39 is 0 Å². The van der Waals surface area contributed by atoms with Crippen LogP contribution in [0.3, 0.4) is 0 Å². The molecule has 140 valence electrons. The van der Waals surface area contributed by atoms with Gasteiger partial charge in [0.1, 0.15) is 11.5 Å². The molecule has 2 aromatic carbocycles. The first-order valence-corrected chi connectivity index (χ1v) is 9.16. The molecule has 0 saturated carbocycles. The van der Waals surface area contributed by atoms with Gasteiger partial charge in [-0.15, -0.1) is 0 Å². The average molecular weight is 364 g/mol. The Morgan fingerprint density at radius 3 is 2.63 bits per heavy atom. The molecule has 5 nitrogen and oxygen atoms in total. The van der Waals surface area contributed by atoms with Crippen molar-refractivity contribution in [2.75, 3.05) is 20.8 Å². The van der Waals surface area contributed by atoms with E-state index in [0.29, 0.717) is 18.4 Å². The van der Waals surface area contributed by atoms with E-state index >= 15 is 0 Å². The van der Waals surface area contributed by atoms with Gasteiger partial charge < -0.3 is 14.4 Å². The molecule has 2 aromatic rings. The summed E-state index contributed by atoms with van der Waals surface area (Å²) >= 11 is 0. The van der Waals surface area contributed by atoms with Crippen molar-refractivity contribution in [1.29, 1.82) is 5.26 Å². The third-order valence-corrected chi connectivity index (χ3v) is 5.08. The third kappa shape index (κ3) is 4.22. The van der Waals surface area contributed by atoms with Crippen LogP contribution in [-0.4, -0.2) is 31.6 Å². The van der Waals surface area contributed by atoms with Gasteiger partial charge in [-0.25, -0.2) is 0 Å². The lowest BCUT2D eigenvalue weighted by Crippen LogP contribution is -2.30. The van der Waals surface area contributed by atoms with Crippen molar-refractivity contribution in [3.63, 3.8) is 0 Å². The lowest BCUT2D eigenvalue weighted by Gasteiger charge is -2.26. The molecule has 1 amide bonds. The summed E-state index contributed by atoms with van der Waals surface area (Å²) in [6, 6.07) is 15.3. The van der Waals surface area contributed by atoms with Crippen LogP contribution in [-0.2, 0) is 11.2 Å². The van der Waals surface area contributed by atoms with E-state index in [-0.39, 0.29) is 11.9 Å². The summed E-state index contributed by atoms with van der Waals surface area (Å²) in [6.07, 6.45) is 3.06. The van der Waals surface area contributed by atoms with Crippen molar-refractivity contribution in [3.05, 3.63) is 59.2 Å². The first-order valence-electron chi connectivity index (χ1n) is 9.16. The number of aryl methyl sites for hydroxylation is 1. The van der Waals surface area contributed by atoms with Gasteiger partial charge in [0.25, 0.3) is 0 Å². The van der Waals surface area contributed by atoms with Crippen LogP contribution in [0.4, 0.5) is 0 Å². The first kappa shape index (κ1) is 18.8. The molecule has 0 unspecified atom stereocenters. The van der Waals surface area contributed by atoms with E-state index in [1.54, 1.807) is 26.4 Å². The smallest absolute Gasteiger partial charge is 0.223 e. The molecule has 0 radical (unpaired) electrons. The predicted octanol–water partition coefficient (Wildman–Crippen LogP) is 3.87. The highest BCUT2D eigenvalue weighted by Gasteiger charge is 2.31. The number of likely N-dealkylation sites (tertiary alicyclic amines) is 1. The van der Waals surface area contributed by atoms with Crippen LogP contribution in [0.5, 0.6) is 11.5 Å². The number of hydrogen-bond donors (Lipinski definition) is 0. The van der Waals surface area contributed by atoms with Gasteiger partial charge in [0.2, 0.25) is 5.91 Å². The number of hydrogen-bond acceptors (Lipinski definition) is 4. The highest BCUT2D eigenvalue weighted by molar-refractivity contribution is 5.77. The molecule has 1 aliphatic rings. The van der Waals surface area contributed by atoms with Crippen LogP contribution >= 0.6 is 0 Å². The highest BCUT2D eigenvalue weighted by Crippen LogP contribution is 2.39. The fourth-order valence-electron chi connectivity index (χ4n) is 3.62. The number of amides is 1. The number of benzene rings is 2. The maximum atomic E-state index is 12.9. The largest absolute Gasteiger partial charge is 0.497 e. The second kappa shape index (κ2) is 8.59. The minimum absolute atomic E-state index is 0.0410. The highest BCUT2D eigenvalue weighted by atomic mass is 16.5. The topological polar surface area (TPSA) is 62.6 Å². The Balaban J connectivity index is 1.70. The molecule has 0 aliphatic carbocycles. The molecule has 5 heteroatoms. The molecule has 1 aliphatic heterocycles. The van der Waals surface area contributed by atoms with Crippen LogP contribution < -0.4 is 9.47 Å². The van der Waals surface area contributed by atoms with E-state index in [2.05, 4.69) is 6.07 Å². The first-order chi connectivity index (χ1) is 13.2. The van der Waals surface area contributed by atoms with Crippen molar-refractivity contribution in [2.45, 2.75) is 31.7 Å². The Kier molecular flexibility index (Phi) is 5.97. The van der Waals surface area contributed by atoms with Gasteiger partial charge in [-0.1, -0.05) is 12.1 Å². The SMILES string of the molecule is COc1ccc([C@H]2CCCN2C(=O)CCc2ccc(C#N)cc2)c(OC)c1. The molecule has 27 heavy (non-hydrogen) atoms. The monoisotopic (exact) mass is 364 g/mol. The zero-order valence-corrected chi connectivity index (χ0v) is 15.8. The lowest BCUT2D eigenvalue weighted by atomic mass is 10.0. The molecule has 0 aromatic heterocycles. The molecule has 1 fully saturated rings. The van der Waals surface area contributed by atoms with Gasteiger partial charge in [-0.05, 0) is 49.1 Å². The van der Waals surface area contributed by atoms with Gasteiger partial charge in [0.15, 0.2) is 0 Å². The van der Waals surface area contributed by atoms with Gasteiger partial charge in [-0.2, -0.15) is 5.26 Å². The van der Waals surface area contributed by atoms with Crippen molar-refractivity contribution in [2.24, 2.45) is 0 Å². The molecule has 1 saturated heterocycles. The molecular weight excluding hydrogens is 340 g/mol. The van der Waals surface area contributed by atoms with Crippen molar-refractivity contribution >= 4 is 5.91 Å². The van der Waals surface area contributed by atoms with Crippen LogP contribution in [0.25, 0.3) is 0 Å². The molecule has 3 rings (SSSR count). The summed E-state index contributed by atoms with van der Waals surface area (Å²) in [5.74, 6) is 1.65. The summed E-state index contributed by atoms with van der Waals surface area (Å²) in [5, 5.41) is 8.87. The van der Waals surface area contributed by atoms with Crippen LogP contribution in [0, 0.1) is 11.3 Å². The number of rotatable bonds is 6. The summed E-state index contributed by atoms with van der Waals surface area (Å²) in [4.78, 5) is 14.8. The Morgan fingerprint density at radius 1 is 1.19 bits per heavy atom. The Labute approximate surface area is 160 Å². The lowest BCUT2D eigenvalue weighted by molar-refractivity contribution is -0.132. The quantitative estimate of drug-likeness (QED) is 0.780. The number of ether oxygens (including phenoxy) is 2. The zero-order valence-electron chi connectivity index (χ0n) is 15.8. The molecular formula is C22H24N2O3. The minimum Gasteiger partial charge on any atom is -0.497 e. The molecule has 1 atom stereocenters. The number of nitrogens with zero attached hydrogens (tertiary/aromatic N) is 2. The Bertz CT molecular complexity index is 840. The molecule has 0 N–H and O–H groups in total. The van der Waals surface area contributed by atoms with Crippen molar-refractivity contribution in [1.82, 2.24) is 4.90 Å². The maximum absolute atomic E-state index is 12.9. The van der Waals surface area contributed by atoms with Crippen molar-refractivity contribution in [3.8, 4) is 17.6 Å². The van der Waals surface area contributed by atoms with Crippen LogP contribution in [0.15, 0.2) is 42.5 Å². The molecule has 1 heterocycles. The zero-order chi connectivity index (χ0) is 19.2. The number of carbonyl (C=O) groups excluding carboxylic acids is 1. The third-order valence-electron chi connectivity index (χ3n) is 5.08. The summed E-state index contributed by atoms with van der Waals surface area (Å²) in [6.45, 7) is 0.770. The van der Waals surface area contributed by atoms with E-state index in [4.69, 9.17) is 14.7 Å². The van der Waals surface area contributed by atoms with E-state index in [0.717, 1.165) is 42.0 Å². The van der Waals surface area contributed by atoms with Gasteiger partial charge in [-0.3, -0.25) is 4.79 Å². The van der Waals surface area contributed by atoms with Crippen LogP contribution in [0.2, 0.25) is 0 Å². The van der Waals surface area contributed by atoms with Gasteiger partial charge >= 0.3 is 0 Å². The Hall–Kier alpha value is -3.00. The fourth-order valence-corrected chi connectivity index (χ4v) is 3.62. The maximum Gasteiger partial charge on any atom is 0.223 e. The standard InChI is InChI=1S/C22H24N2O3/c1-26-18-10-11-19(21(14-18)27-2)20-4-3-13-24(20)22(25)12-9-16-5-7-17(15-23)8-6-16/h5-8,10-11,14,20H,3-4,9,12-13H2,1-2H3/t20-/m1/s1. The average Bonchev–Trinajstić information content (AvgIpc) is 3.21. The second-order valence-corrected chi connectivity index (χ2v) is 6.66. The Morgan fingerprint density at radius 2 is 1.96 bits per heavy atom. The van der Waals surface area contributed by atoms with E-state index in [9.17, 15) is 4.79 Å². The molecule has 0 bridgehead atoms. The fraction of sp³-hybridized carbons (Fsp3) is 0.364. The molecule has 0 spiro atoms. The van der Waals surface area contributed by atoms with E-state index in [1.807, 2.05) is 35.2 Å². The van der Waals surface area contributed by atoms with Crippen LogP contribution in [0.1, 0.15) is 42.0 Å². The summed E-state index contributed by atoms with van der Waals surface area (Å²) in [5.41, 5.74) is 2.74. The number of nitriles is 1.